The van der Waals surface area contributed by atoms with Gasteiger partial charge in [0.2, 0.25) is 0 Å². The number of hydrogen-bond donors (Lipinski definition) is 0. The first-order chi connectivity index (χ1) is 12.0. The minimum absolute atomic E-state index is 0.106. The third kappa shape index (κ3) is 2.00. The molecule has 0 N–H and O–H groups in total. The summed E-state index contributed by atoms with van der Waals surface area (Å²) in [5, 5.41) is 0. The molecule has 6 bridgehead atoms. The molecular weight excluding hydrogens is 308 g/mol. The first kappa shape index (κ1) is 15.3. The van der Waals surface area contributed by atoms with Crippen LogP contribution in [-0.2, 0) is 9.53 Å². The van der Waals surface area contributed by atoms with E-state index in [-0.39, 0.29) is 17.5 Å². The lowest BCUT2D eigenvalue weighted by Crippen LogP contribution is -2.45. The molecule has 10 atom stereocenters. The van der Waals surface area contributed by atoms with Crippen LogP contribution in [0, 0.1) is 59.2 Å². The summed E-state index contributed by atoms with van der Waals surface area (Å²) in [6.45, 7) is 4.45. The SMILES string of the molecule is CC(C)(OC(=O)C1CC2C=CC1C2)C1CC2CC1C1C3CCC(C3)C21. The summed E-state index contributed by atoms with van der Waals surface area (Å²) in [5.74, 6) is 7.83. The van der Waals surface area contributed by atoms with E-state index in [1.165, 1.54) is 38.5 Å². The highest BCUT2D eigenvalue weighted by atomic mass is 16.6. The van der Waals surface area contributed by atoms with Crippen molar-refractivity contribution in [1.82, 2.24) is 0 Å². The summed E-state index contributed by atoms with van der Waals surface area (Å²) in [6.07, 6.45) is 14.1. The Kier molecular flexibility index (Phi) is 3.01. The van der Waals surface area contributed by atoms with Crippen LogP contribution in [0.25, 0.3) is 0 Å². The number of esters is 1. The fraction of sp³-hybridized carbons (Fsp3) is 0.870. The molecule has 0 aromatic carbocycles. The van der Waals surface area contributed by atoms with Crippen molar-refractivity contribution in [2.24, 2.45) is 59.2 Å². The van der Waals surface area contributed by atoms with Crippen LogP contribution in [-0.4, -0.2) is 11.6 Å². The second-order valence-electron chi connectivity index (χ2n) is 10.9. The Morgan fingerprint density at radius 1 is 0.920 bits per heavy atom. The van der Waals surface area contributed by atoms with E-state index in [0.717, 1.165) is 41.9 Å². The van der Waals surface area contributed by atoms with Crippen LogP contribution in [0.5, 0.6) is 0 Å². The smallest absolute Gasteiger partial charge is 0.310 e. The Hall–Kier alpha value is -0.790. The van der Waals surface area contributed by atoms with Crippen molar-refractivity contribution >= 4 is 5.97 Å². The predicted molar refractivity (Wildman–Crippen MR) is 96.5 cm³/mol. The van der Waals surface area contributed by atoms with E-state index in [4.69, 9.17) is 4.74 Å². The molecule has 0 amide bonds. The number of hydrogen-bond acceptors (Lipinski definition) is 2. The van der Waals surface area contributed by atoms with Crippen molar-refractivity contribution in [1.29, 1.82) is 0 Å². The summed E-state index contributed by atoms with van der Waals surface area (Å²) < 4.78 is 6.27. The third-order valence-electron chi connectivity index (χ3n) is 9.57. The van der Waals surface area contributed by atoms with Crippen molar-refractivity contribution in [3.8, 4) is 0 Å². The lowest BCUT2D eigenvalue weighted by atomic mass is 9.64. The van der Waals surface area contributed by atoms with Crippen LogP contribution >= 0.6 is 0 Å². The molecule has 136 valence electrons. The molecule has 0 aromatic rings. The quantitative estimate of drug-likeness (QED) is 0.417. The van der Waals surface area contributed by atoms with E-state index in [1.807, 2.05) is 0 Å². The fourth-order valence-corrected chi connectivity index (χ4v) is 8.83. The number of ether oxygens (including phenoxy) is 1. The van der Waals surface area contributed by atoms with Crippen LogP contribution in [0.2, 0.25) is 0 Å². The molecule has 25 heavy (non-hydrogen) atoms. The van der Waals surface area contributed by atoms with Gasteiger partial charge in [-0.2, -0.15) is 0 Å². The molecule has 6 aliphatic rings. The first-order valence-electron chi connectivity index (χ1n) is 10.9. The summed E-state index contributed by atoms with van der Waals surface area (Å²) in [6, 6.07) is 0. The Morgan fingerprint density at radius 3 is 2.44 bits per heavy atom. The summed E-state index contributed by atoms with van der Waals surface area (Å²) in [7, 11) is 0. The monoisotopic (exact) mass is 340 g/mol. The molecular formula is C23H32O2. The van der Waals surface area contributed by atoms with Gasteiger partial charge >= 0.3 is 5.97 Å². The van der Waals surface area contributed by atoms with Crippen LogP contribution in [0.4, 0.5) is 0 Å². The zero-order valence-corrected chi connectivity index (χ0v) is 15.7. The predicted octanol–water partition coefficient (Wildman–Crippen LogP) is 4.84. The average molecular weight is 341 g/mol. The largest absolute Gasteiger partial charge is 0.459 e. The highest BCUT2D eigenvalue weighted by Crippen LogP contribution is 2.70. The second-order valence-corrected chi connectivity index (χ2v) is 10.9. The Morgan fingerprint density at radius 2 is 1.72 bits per heavy atom. The molecule has 0 aliphatic heterocycles. The van der Waals surface area contributed by atoms with Gasteiger partial charge in [-0.1, -0.05) is 12.2 Å². The van der Waals surface area contributed by atoms with Crippen molar-refractivity contribution < 1.29 is 9.53 Å². The van der Waals surface area contributed by atoms with Gasteiger partial charge in [-0.25, -0.2) is 0 Å². The molecule has 10 unspecified atom stereocenters. The van der Waals surface area contributed by atoms with Crippen LogP contribution in [0.1, 0.15) is 58.8 Å². The van der Waals surface area contributed by atoms with Gasteiger partial charge in [0, 0.05) is 5.92 Å². The second kappa shape index (κ2) is 4.93. The Bertz CT molecular complexity index is 634. The standard InChI is InChI=1S/C23H32O2/c1-23(2,25-22(24)17-8-12-3-4-13(17)7-12)19-11-16-10-18(19)21-15-6-5-14(9-15)20(16)21/h3-4,12-21H,5-11H2,1-2H3. The molecule has 0 spiro atoms. The lowest BCUT2D eigenvalue weighted by Gasteiger charge is -2.44. The van der Waals surface area contributed by atoms with E-state index in [0.29, 0.717) is 17.8 Å². The molecule has 6 rings (SSSR count). The van der Waals surface area contributed by atoms with Gasteiger partial charge in [0.15, 0.2) is 0 Å². The van der Waals surface area contributed by atoms with Gasteiger partial charge in [0.1, 0.15) is 5.60 Å². The summed E-state index contributed by atoms with van der Waals surface area (Å²) in [5.41, 5.74) is -0.269. The Balaban J connectivity index is 1.19. The molecule has 5 fully saturated rings. The van der Waals surface area contributed by atoms with Gasteiger partial charge in [-0.15, -0.1) is 0 Å². The zero-order chi connectivity index (χ0) is 16.9. The zero-order valence-electron chi connectivity index (χ0n) is 15.7. The highest BCUT2D eigenvalue weighted by Gasteiger charge is 2.64. The van der Waals surface area contributed by atoms with Crippen molar-refractivity contribution in [2.45, 2.75) is 64.4 Å². The molecule has 2 nitrogen and oxygen atoms in total. The molecule has 0 aromatic heterocycles. The number of allylic oxidation sites excluding steroid dienone is 2. The van der Waals surface area contributed by atoms with Crippen LogP contribution < -0.4 is 0 Å². The maximum atomic E-state index is 12.9. The van der Waals surface area contributed by atoms with E-state index < -0.39 is 0 Å². The number of carbonyl (C=O) groups is 1. The first-order valence-corrected chi connectivity index (χ1v) is 10.9. The normalized spacial score (nSPS) is 54.5. The van der Waals surface area contributed by atoms with Gasteiger partial charge in [-0.3, -0.25) is 4.79 Å². The summed E-state index contributed by atoms with van der Waals surface area (Å²) in [4.78, 5) is 12.9. The Labute approximate surface area is 151 Å². The molecule has 2 heteroatoms. The molecule has 5 saturated carbocycles. The molecule has 0 heterocycles. The number of fused-ring (bicyclic) bond motifs is 11. The minimum Gasteiger partial charge on any atom is -0.459 e. The lowest BCUT2D eigenvalue weighted by molar-refractivity contribution is -0.171. The fourth-order valence-electron chi connectivity index (χ4n) is 8.83. The topological polar surface area (TPSA) is 26.3 Å². The molecule has 6 aliphatic carbocycles. The maximum absolute atomic E-state index is 12.9. The van der Waals surface area contributed by atoms with Gasteiger partial charge in [0.05, 0.1) is 5.92 Å². The van der Waals surface area contributed by atoms with E-state index in [2.05, 4.69) is 26.0 Å². The van der Waals surface area contributed by atoms with Gasteiger partial charge in [0.25, 0.3) is 0 Å². The van der Waals surface area contributed by atoms with E-state index in [9.17, 15) is 4.79 Å². The van der Waals surface area contributed by atoms with Gasteiger partial charge < -0.3 is 4.74 Å². The van der Waals surface area contributed by atoms with Crippen molar-refractivity contribution in [3.63, 3.8) is 0 Å². The number of carbonyl (C=O) groups excluding carboxylic acids is 1. The third-order valence-corrected chi connectivity index (χ3v) is 9.57. The maximum Gasteiger partial charge on any atom is 0.310 e. The van der Waals surface area contributed by atoms with Crippen LogP contribution in [0.15, 0.2) is 12.2 Å². The number of rotatable bonds is 3. The molecule has 0 radical (unpaired) electrons. The highest BCUT2D eigenvalue weighted by molar-refractivity contribution is 5.74. The van der Waals surface area contributed by atoms with E-state index in [1.54, 1.807) is 0 Å². The van der Waals surface area contributed by atoms with Gasteiger partial charge in [-0.05, 0) is 106 Å². The van der Waals surface area contributed by atoms with Crippen molar-refractivity contribution in [3.05, 3.63) is 12.2 Å². The summed E-state index contributed by atoms with van der Waals surface area (Å²) >= 11 is 0. The molecule has 0 saturated heterocycles. The minimum atomic E-state index is -0.269. The van der Waals surface area contributed by atoms with Crippen LogP contribution in [0.3, 0.4) is 0 Å². The average Bonchev–Trinajstić information content (AvgIpc) is 3.41. The van der Waals surface area contributed by atoms with E-state index >= 15 is 0 Å². The van der Waals surface area contributed by atoms with Crippen molar-refractivity contribution in [2.75, 3.05) is 0 Å².